The molecule has 0 atom stereocenters. The second-order valence-electron chi connectivity index (χ2n) is 5.29. The molecule has 0 saturated heterocycles. The van der Waals surface area contributed by atoms with Crippen LogP contribution in [0.25, 0.3) is 0 Å². The molecule has 2 aromatic carbocycles. The Morgan fingerprint density at radius 1 is 1.09 bits per heavy atom. The van der Waals surface area contributed by atoms with Gasteiger partial charge in [-0.1, -0.05) is 48.0 Å². The van der Waals surface area contributed by atoms with E-state index in [2.05, 4.69) is 10.2 Å². The van der Waals surface area contributed by atoms with Gasteiger partial charge in [-0.05, 0) is 23.8 Å². The second-order valence-corrected chi connectivity index (χ2v) is 5.73. The number of nitrogens with zero attached hydrogens (tertiary/aromatic N) is 1. The Morgan fingerprint density at radius 2 is 1.87 bits per heavy atom. The zero-order valence-electron chi connectivity index (χ0n) is 12.9. The Kier molecular flexibility index (Phi) is 7.07. The van der Waals surface area contributed by atoms with E-state index in [1.54, 1.807) is 24.3 Å². The molecule has 0 saturated carbocycles. The molecule has 0 aromatic heterocycles. The number of carbonyl (C=O) groups excluding carboxylic acids is 1. The van der Waals surface area contributed by atoms with Gasteiger partial charge in [0.1, 0.15) is 0 Å². The Bertz CT molecular complexity index is 619. The number of carbonyl (C=O) groups is 1. The van der Waals surface area contributed by atoms with Crippen LogP contribution in [0.1, 0.15) is 12.0 Å². The SMILES string of the molecule is O=C(CCN(CCO)Cc1ccccc1)Nc1cccc(Cl)c1. The summed E-state index contributed by atoms with van der Waals surface area (Å²) in [7, 11) is 0. The highest BCUT2D eigenvalue weighted by atomic mass is 35.5. The summed E-state index contributed by atoms with van der Waals surface area (Å²) in [4.78, 5) is 14.1. The molecule has 122 valence electrons. The number of amides is 1. The molecule has 5 heteroatoms. The van der Waals surface area contributed by atoms with Crippen LogP contribution in [-0.4, -0.2) is 35.6 Å². The molecule has 0 spiro atoms. The van der Waals surface area contributed by atoms with Crippen LogP contribution in [0.4, 0.5) is 5.69 Å². The van der Waals surface area contributed by atoms with Gasteiger partial charge in [0.25, 0.3) is 0 Å². The highest BCUT2D eigenvalue weighted by Gasteiger charge is 2.09. The topological polar surface area (TPSA) is 52.6 Å². The molecule has 0 bridgehead atoms. The normalized spacial score (nSPS) is 10.7. The Labute approximate surface area is 141 Å². The van der Waals surface area contributed by atoms with Crippen molar-refractivity contribution in [3.8, 4) is 0 Å². The first-order valence-electron chi connectivity index (χ1n) is 7.60. The van der Waals surface area contributed by atoms with Crippen molar-refractivity contribution in [2.75, 3.05) is 25.0 Å². The lowest BCUT2D eigenvalue weighted by atomic mass is 10.2. The van der Waals surface area contributed by atoms with Crippen molar-refractivity contribution < 1.29 is 9.90 Å². The standard InChI is InChI=1S/C18H21ClN2O2/c19-16-7-4-8-17(13-16)20-18(23)9-10-21(11-12-22)14-15-5-2-1-3-6-15/h1-8,13,22H,9-12,14H2,(H,20,23). The van der Waals surface area contributed by atoms with Crippen LogP contribution in [0, 0.1) is 0 Å². The average molecular weight is 333 g/mol. The van der Waals surface area contributed by atoms with Crippen molar-refractivity contribution in [3.63, 3.8) is 0 Å². The number of rotatable bonds is 8. The quantitative estimate of drug-likeness (QED) is 0.780. The van der Waals surface area contributed by atoms with Crippen LogP contribution >= 0.6 is 11.6 Å². The summed E-state index contributed by atoms with van der Waals surface area (Å²) in [6, 6.07) is 17.1. The second kappa shape index (κ2) is 9.30. The third-order valence-electron chi connectivity index (χ3n) is 3.43. The summed E-state index contributed by atoms with van der Waals surface area (Å²) in [6.45, 7) is 1.91. The molecule has 0 aliphatic heterocycles. The lowest BCUT2D eigenvalue weighted by molar-refractivity contribution is -0.116. The fourth-order valence-electron chi connectivity index (χ4n) is 2.30. The largest absolute Gasteiger partial charge is 0.395 e. The predicted molar refractivity (Wildman–Crippen MR) is 93.5 cm³/mol. The van der Waals surface area contributed by atoms with Gasteiger partial charge < -0.3 is 10.4 Å². The molecule has 1 amide bonds. The predicted octanol–water partition coefficient (Wildman–Crippen LogP) is 3.16. The minimum absolute atomic E-state index is 0.0664. The zero-order chi connectivity index (χ0) is 16.5. The number of hydrogen-bond donors (Lipinski definition) is 2. The van der Waals surface area contributed by atoms with Gasteiger partial charge >= 0.3 is 0 Å². The summed E-state index contributed by atoms with van der Waals surface area (Å²) in [5.74, 6) is -0.0664. The van der Waals surface area contributed by atoms with Crippen molar-refractivity contribution >= 4 is 23.2 Å². The molecule has 2 N–H and O–H groups in total. The molecule has 0 unspecified atom stereocenters. The number of halogens is 1. The summed E-state index contributed by atoms with van der Waals surface area (Å²) >= 11 is 5.90. The van der Waals surface area contributed by atoms with E-state index in [0.29, 0.717) is 36.8 Å². The number of aliphatic hydroxyl groups excluding tert-OH is 1. The van der Waals surface area contributed by atoms with Gasteiger partial charge in [-0.25, -0.2) is 0 Å². The van der Waals surface area contributed by atoms with Crippen molar-refractivity contribution in [3.05, 3.63) is 65.2 Å². The van der Waals surface area contributed by atoms with E-state index in [1.165, 1.54) is 0 Å². The van der Waals surface area contributed by atoms with Crippen LogP contribution in [0.2, 0.25) is 5.02 Å². The van der Waals surface area contributed by atoms with Gasteiger partial charge in [0.2, 0.25) is 5.91 Å². The highest BCUT2D eigenvalue weighted by molar-refractivity contribution is 6.30. The minimum atomic E-state index is -0.0664. The number of benzene rings is 2. The van der Waals surface area contributed by atoms with Crippen LogP contribution in [0.5, 0.6) is 0 Å². The third kappa shape index (κ3) is 6.40. The maximum absolute atomic E-state index is 12.0. The van der Waals surface area contributed by atoms with Gasteiger partial charge in [0.05, 0.1) is 6.61 Å². The molecule has 0 heterocycles. The van der Waals surface area contributed by atoms with E-state index >= 15 is 0 Å². The molecule has 0 radical (unpaired) electrons. The van der Waals surface area contributed by atoms with Crippen molar-refractivity contribution in [2.24, 2.45) is 0 Å². The average Bonchev–Trinajstić information content (AvgIpc) is 2.54. The number of nitrogens with one attached hydrogen (secondary N) is 1. The molecule has 23 heavy (non-hydrogen) atoms. The fourth-order valence-corrected chi connectivity index (χ4v) is 2.49. The first kappa shape index (κ1) is 17.5. The lowest BCUT2D eigenvalue weighted by Gasteiger charge is -2.21. The first-order valence-corrected chi connectivity index (χ1v) is 7.98. The molecule has 0 fully saturated rings. The van der Waals surface area contributed by atoms with Gasteiger partial charge in [-0.15, -0.1) is 0 Å². The monoisotopic (exact) mass is 332 g/mol. The maximum Gasteiger partial charge on any atom is 0.225 e. The molecule has 4 nitrogen and oxygen atoms in total. The van der Waals surface area contributed by atoms with Gasteiger partial charge in [-0.3, -0.25) is 9.69 Å². The van der Waals surface area contributed by atoms with Crippen LogP contribution in [-0.2, 0) is 11.3 Å². The molecule has 2 rings (SSSR count). The Morgan fingerprint density at radius 3 is 2.57 bits per heavy atom. The summed E-state index contributed by atoms with van der Waals surface area (Å²) in [6.07, 6.45) is 0.360. The van der Waals surface area contributed by atoms with Crippen molar-refractivity contribution in [1.82, 2.24) is 4.90 Å². The van der Waals surface area contributed by atoms with E-state index in [1.807, 2.05) is 30.3 Å². The van der Waals surface area contributed by atoms with E-state index in [-0.39, 0.29) is 12.5 Å². The molecule has 0 aliphatic rings. The minimum Gasteiger partial charge on any atom is -0.395 e. The number of anilines is 1. The number of aliphatic hydroxyl groups is 1. The van der Waals surface area contributed by atoms with Gasteiger partial charge in [0.15, 0.2) is 0 Å². The van der Waals surface area contributed by atoms with E-state index < -0.39 is 0 Å². The zero-order valence-corrected chi connectivity index (χ0v) is 13.7. The first-order chi connectivity index (χ1) is 11.2. The summed E-state index contributed by atoms with van der Waals surface area (Å²) in [5.41, 5.74) is 1.86. The molecular weight excluding hydrogens is 312 g/mol. The molecule has 2 aromatic rings. The molecule has 0 aliphatic carbocycles. The summed E-state index contributed by atoms with van der Waals surface area (Å²) < 4.78 is 0. The third-order valence-corrected chi connectivity index (χ3v) is 3.66. The van der Waals surface area contributed by atoms with Crippen LogP contribution in [0.15, 0.2) is 54.6 Å². The van der Waals surface area contributed by atoms with Crippen LogP contribution in [0.3, 0.4) is 0 Å². The summed E-state index contributed by atoms with van der Waals surface area (Å²) in [5, 5.41) is 12.6. The molecular formula is C18H21ClN2O2. The van der Waals surface area contributed by atoms with Crippen LogP contribution < -0.4 is 5.32 Å². The smallest absolute Gasteiger partial charge is 0.225 e. The van der Waals surface area contributed by atoms with E-state index in [0.717, 1.165) is 5.56 Å². The number of hydrogen-bond acceptors (Lipinski definition) is 3. The van der Waals surface area contributed by atoms with E-state index in [9.17, 15) is 9.90 Å². The maximum atomic E-state index is 12.0. The van der Waals surface area contributed by atoms with Crippen molar-refractivity contribution in [1.29, 1.82) is 0 Å². The highest BCUT2D eigenvalue weighted by Crippen LogP contribution is 2.15. The Hall–Kier alpha value is -1.88. The lowest BCUT2D eigenvalue weighted by Crippen LogP contribution is -2.30. The van der Waals surface area contributed by atoms with Gasteiger partial charge in [-0.2, -0.15) is 0 Å². The van der Waals surface area contributed by atoms with Gasteiger partial charge in [0, 0.05) is 36.8 Å². The Balaban J connectivity index is 1.84. The fraction of sp³-hybridized carbons (Fsp3) is 0.278. The van der Waals surface area contributed by atoms with E-state index in [4.69, 9.17) is 11.6 Å². The van der Waals surface area contributed by atoms with Crippen molar-refractivity contribution in [2.45, 2.75) is 13.0 Å².